The lowest BCUT2D eigenvalue weighted by Gasteiger charge is -2.32. The molecule has 5 nitrogen and oxygen atoms in total. The van der Waals surface area contributed by atoms with Crippen LogP contribution >= 0.6 is 0 Å². The number of nitrogens with zero attached hydrogens (tertiary/aromatic N) is 2. The summed E-state index contributed by atoms with van der Waals surface area (Å²) < 4.78 is 30.9. The first-order valence-electron chi connectivity index (χ1n) is 11.1. The average Bonchev–Trinajstić information content (AvgIpc) is 3.44. The molecule has 0 radical (unpaired) electrons. The van der Waals surface area contributed by atoms with Crippen molar-refractivity contribution in [3.8, 4) is 17.2 Å². The van der Waals surface area contributed by atoms with Gasteiger partial charge in [-0.25, -0.2) is 4.39 Å². The molecule has 1 unspecified atom stereocenters. The monoisotopic (exact) mass is 432 g/mol. The predicted octanol–water partition coefficient (Wildman–Crippen LogP) is 4.90. The summed E-state index contributed by atoms with van der Waals surface area (Å²) in [6, 6.07) is 19.7. The fourth-order valence-electron chi connectivity index (χ4n) is 4.97. The first-order valence-corrected chi connectivity index (χ1v) is 11.1. The lowest BCUT2D eigenvalue weighted by Crippen LogP contribution is -2.35. The molecule has 0 amide bonds. The highest BCUT2D eigenvalue weighted by Gasteiger charge is 2.33. The van der Waals surface area contributed by atoms with E-state index in [1.165, 1.54) is 5.56 Å². The molecule has 1 fully saturated rings. The van der Waals surface area contributed by atoms with Gasteiger partial charge in [-0.1, -0.05) is 18.2 Å². The zero-order chi connectivity index (χ0) is 21.5. The summed E-state index contributed by atoms with van der Waals surface area (Å²) in [5.74, 6) is 2.29. The van der Waals surface area contributed by atoms with Crippen molar-refractivity contribution in [2.24, 2.45) is 0 Å². The van der Waals surface area contributed by atoms with Gasteiger partial charge in [0.2, 0.25) is 6.79 Å². The van der Waals surface area contributed by atoms with Crippen LogP contribution in [0.2, 0.25) is 0 Å². The van der Waals surface area contributed by atoms with Crippen LogP contribution in [0.25, 0.3) is 0 Å². The molecule has 0 aliphatic carbocycles. The molecule has 3 heterocycles. The molecule has 0 N–H and O–H groups in total. The van der Waals surface area contributed by atoms with Gasteiger partial charge in [0.15, 0.2) is 11.5 Å². The SMILES string of the molecule is Fc1ccc2c(c1)COc1ccccc1N2C1CCN(CCc2ccc3c(c2)OCO3)C1. The van der Waals surface area contributed by atoms with Crippen molar-refractivity contribution in [2.45, 2.75) is 25.5 Å². The normalized spacial score (nSPS) is 19.3. The topological polar surface area (TPSA) is 34.2 Å². The van der Waals surface area contributed by atoms with E-state index in [2.05, 4.69) is 28.0 Å². The van der Waals surface area contributed by atoms with Gasteiger partial charge in [0.25, 0.3) is 0 Å². The van der Waals surface area contributed by atoms with Gasteiger partial charge < -0.3 is 24.0 Å². The number of likely N-dealkylation sites (tertiary alicyclic amines) is 1. The number of benzene rings is 3. The zero-order valence-electron chi connectivity index (χ0n) is 17.8. The van der Waals surface area contributed by atoms with Crippen molar-refractivity contribution >= 4 is 11.4 Å². The Bertz CT molecular complexity index is 1150. The molecular weight excluding hydrogens is 407 g/mol. The number of halogens is 1. The second-order valence-electron chi connectivity index (χ2n) is 8.58. The van der Waals surface area contributed by atoms with E-state index in [0.717, 1.165) is 66.7 Å². The molecule has 32 heavy (non-hydrogen) atoms. The Labute approximate surface area is 186 Å². The van der Waals surface area contributed by atoms with Crippen LogP contribution in [0.3, 0.4) is 0 Å². The molecule has 3 aliphatic heterocycles. The molecular formula is C26H25FN2O3. The third-order valence-electron chi connectivity index (χ3n) is 6.58. The van der Waals surface area contributed by atoms with Crippen LogP contribution < -0.4 is 19.1 Å². The van der Waals surface area contributed by atoms with E-state index in [4.69, 9.17) is 14.2 Å². The van der Waals surface area contributed by atoms with E-state index in [1.807, 2.05) is 30.3 Å². The minimum atomic E-state index is -0.227. The van der Waals surface area contributed by atoms with Crippen molar-refractivity contribution in [3.63, 3.8) is 0 Å². The minimum Gasteiger partial charge on any atom is -0.487 e. The van der Waals surface area contributed by atoms with Gasteiger partial charge in [-0.05, 0) is 60.9 Å². The quantitative estimate of drug-likeness (QED) is 0.586. The molecule has 0 bridgehead atoms. The van der Waals surface area contributed by atoms with Crippen LogP contribution in [-0.4, -0.2) is 37.4 Å². The van der Waals surface area contributed by atoms with Gasteiger partial charge in [0, 0.05) is 36.9 Å². The van der Waals surface area contributed by atoms with E-state index in [9.17, 15) is 4.39 Å². The van der Waals surface area contributed by atoms with Gasteiger partial charge >= 0.3 is 0 Å². The van der Waals surface area contributed by atoms with E-state index in [-0.39, 0.29) is 5.82 Å². The second-order valence-corrected chi connectivity index (χ2v) is 8.58. The molecule has 1 saturated heterocycles. The number of fused-ring (bicyclic) bond motifs is 3. The number of hydrogen-bond donors (Lipinski definition) is 0. The van der Waals surface area contributed by atoms with Gasteiger partial charge in [0.05, 0.1) is 5.69 Å². The Hall–Kier alpha value is -3.25. The molecule has 6 heteroatoms. The van der Waals surface area contributed by atoms with E-state index >= 15 is 0 Å². The van der Waals surface area contributed by atoms with Gasteiger partial charge in [-0.2, -0.15) is 0 Å². The van der Waals surface area contributed by atoms with Crippen molar-refractivity contribution in [1.82, 2.24) is 4.90 Å². The van der Waals surface area contributed by atoms with E-state index < -0.39 is 0 Å². The smallest absolute Gasteiger partial charge is 0.231 e. The lowest BCUT2D eigenvalue weighted by molar-refractivity contribution is 0.174. The molecule has 0 saturated carbocycles. The Morgan fingerprint density at radius 1 is 0.875 bits per heavy atom. The number of para-hydroxylation sites is 2. The maximum absolute atomic E-state index is 14.0. The Balaban J connectivity index is 1.22. The summed E-state index contributed by atoms with van der Waals surface area (Å²) in [6.07, 6.45) is 2.01. The molecule has 164 valence electrons. The summed E-state index contributed by atoms with van der Waals surface area (Å²) in [5.41, 5.74) is 4.24. The molecule has 3 aromatic rings. The molecule has 1 atom stereocenters. The highest BCUT2D eigenvalue weighted by Crippen LogP contribution is 2.42. The first kappa shape index (κ1) is 19.4. The van der Waals surface area contributed by atoms with Crippen molar-refractivity contribution in [3.05, 3.63) is 77.6 Å². The highest BCUT2D eigenvalue weighted by molar-refractivity contribution is 5.73. The maximum Gasteiger partial charge on any atom is 0.231 e. The largest absolute Gasteiger partial charge is 0.487 e. The predicted molar refractivity (Wildman–Crippen MR) is 120 cm³/mol. The fourth-order valence-corrected chi connectivity index (χ4v) is 4.97. The Morgan fingerprint density at radius 3 is 2.75 bits per heavy atom. The Kier molecular flexibility index (Phi) is 4.87. The average molecular weight is 432 g/mol. The van der Waals surface area contributed by atoms with Gasteiger partial charge in [-0.15, -0.1) is 0 Å². The molecule has 3 aromatic carbocycles. The number of hydrogen-bond acceptors (Lipinski definition) is 5. The second kappa shape index (κ2) is 8.02. The van der Waals surface area contributed by atoms with Crippen LogP contribution in [0.1, 0.15) is 17.5 Å². The van der Waals surface area contributed by atoms with Crippen LogP contribution in [0, 0.1) is 5.82 Å². The maximum atomic E-state index is 14.0. The third-order valence-corrected chi connectivity index (χ3v) is 6.58. The molecule has 6 rings (SSSR count). The molecule has 0 spiro atoms. The van der Waals surface area contributed by atoms with Crippen molar-refractivity contribution in [1.29, 1.82) is 0 Å². The summed E-state index contributed by atoms with van der Waals surface area (Å²) in [4.78, 5) is 4.87. The van der Waals surface area contributed by atoms with Crippen LogP contribution in [-0.2, 0) is 13.0 Å². The van der Waals surface area contributed by atoms with E-state index in [0.29, 0.717) is 19.4 Å². The molecule has 0 aromatic heterocycles. The van der Waals surface area contributed by atoms with Crippen LogP contribution in [0.15, 0.2) is 60.7 Å². The number of ether oxygens (including phenoxy) is 3. The lowest BCUT2D eigenvalue weighted by atomic mass is 10.1. The van der Waals surface area contributed by atoms with Crippen molar-refractivity contribution in [2.75, 3.05) is 31.3 Å². The summed E-state index contributed by atoms with van der Waals surface area (Å²) in [6.45, 7) is 3.65. The van der Waals surface area contributed by atoms with E-state index in [1.54, 1.807) is 12.1 Å². The minimum absolute atomic E-state index is 0.227. The van der Waals surface area contributed by atoms with Crippen molar-refractivity contribution < 1.29 is 18.6 Å². The van der Waals surface area contributed by atoms with Crippen LogP contribution in [0.4, 0.5) is 15.8 Å². The summed E-state index contributed by atoms with van der Waals surface area (Å²) in [5, 5.41) is 0. The number of anilines is 2. The van der Waals surface area contributed by atoms with Gasteiger partial charge in [0.1, 0.15) is 18.2 Å². The summed E-state index contributed by atoms with van der Waals surface area (Å²) >= 11 is 0. The Morgan fingerprint density at radius 2 is 1.78 bits per heavy atom. The summed E-state index contributed by atoms with van der Waals surface area (Å²) in [7, 11) is 0. The van der Waals surface area contributed by atoms with Crippen LogP contribution in [0.5, 0.6) is 17.2 Å². The first-order chi connectivity index (χ1) is 15.7. The molecule has 3 aliphatic rings. The zero-order valence-corrected chi connectivity index (χ0v) is 17.8. The fraction of sp³-hybridized carbons (Fsp3) is 0.308. The number of rotatable bonds is 4. The third kappa shape index (κ3) is 3.54. The highest BCUT2D eigenvalue weighted by atomic mass is 19.1. The van der Waals surface area contributed by atoms with Gasteiger partial charge in [-0.3, -0.25) is 0 Å². The standard InChI is InChI=1S/C26H25FN2O3/c27-20-6-7-22-19(14-20)16-30-24-4-2-1-3-23(24)29(22)21-10-12-28(15-21)11-9-18-5-8-25-26(13-18)32-17-31-25/h1-8,13-14,21H,9-12,15-17H2.